The molecule has 1 aliphatic carbocycles. The molecule has 0 aromatic heterocycles. The van der Waals surface area contributed by atoms with E-state index in [1.807, 2.05) is 31.2 Å². The third-order valence-corrected chi connectivity index (χ3v) is 6.85. The number of hydrogen-bond donors (Lipinski definition) is 0. The van der Waals surface area contributed by atoms with Crippen molar-refractivity contribution in [3.05, 3.63) is 89.5 Å². The summed E-state index contributed by atoms with van der Waals surface area (Å²) in [5, 5.41) is 0. The monoisotopic (exact) mass is 486 g/mol. The van der Waals surface area contributed by atoms with Crippen LogP contribution in [-0.4, -0.2) is 31.9 Å². The Hall–Kier alpha value is -3.11. The number of carbonyl (C=O) groups excluding carboxylic acids is 1. The maximum atomic E-state index is 12.4. The Balaban J connectivity index is 1.31. The van der Waals surface area contributed by atoms with Crippen molar-refractivity contribution in [1.29, 1.82) is 0 Å². The first kappa shape index (κ1) is 26.0. The Morgan fingerprint density at radius 1 is 0.806 bits per heavy atom. The second-order valence-corrected chi connectivity index (χ2v) is 9.38. The molecular weight excluding hydrogens is 448 g/mol. The molecule has 0 bridgehead atoms. The molecule has 4 nitrogen and oxygen atoms in total. The quantitative estimate of drug-likeness (QED) is 0.177. The van der Waals surface area contributed by atoms with E-state index in [9.17, 15) is 4.79 Å². The van der Waals surface area contributed by atoms with Crippen LogP contribution < -0.4 is 4.74 Å². The van der Waals surface area contributed by atoms with E-state index in [2.05, 4.69) is 55.5 Å². The largest absolute Gasteiger partial charge is 0.494 e. The molecule has 36 heavy (non-hydrogen) atoms. The van der Waals surface area contributed by atoms with Crippen molar-refractivity contribution >= 4 is 5.97 Å². The Morgan fingerprint density at radius 2 is 1.47 bits per heavy atom. The number of hydrogen-bond acceptors (Lipinski definition) is 4. The minimum atomic E-state index is -0.569. The number of fused-ring (bicyclic) bond motifs is 3. The fourth-order valence-corrected chi connectivity index (χ4v) is 5.00. The lowest BCUT2D eigenvalue weighted by Gasteiger charge is -2.17. The molecule has 0 saturated heterocycles. The molecule has 4 heteroatoms. The normalized spacial score (nSPS) is 13.2. The summed E-state index contributed by atoms with van der Waals surface area (Å²) in [7, 11) is 0. The van der Waals surface area contributed by atoms with Gasteiger partial charge in [-0.15, -0.1) is 0 Å². The van der Waals surface area contributed by atoms with E-state index in [0.717, 1.165) is 30.6 Å². The van der Waals surface area contributed by atoms with Crippen LogP contribution in [0, 0.1) is 0 Å². The van der Waals surface area contributed by atoms with Crippen molar-refractivity contribution in [3.8, 4) is 16.9 Å². The molecule has 1 aliphatic rings. The van der Waals surface area contributed by atoms with Crippen LogP contribution in [0.3, 0.4) is 0 Å². The fourth-order valence-electron chi connectivity index (χ4n) is 5.00. The first-order chi connectivity index (χ1) is 17.7. The van der Waals surface area contributed by atoms with Crippen LogP contribution in [0.5, 0.6) is 5.75 Å². The maximum Gasteiger partial charge on any atom is 0.335 e. The fraction of sp³-hybridized carbons (Fsp3) is 0.406. The van der Waals surface area contributed by atoms with E-state index in [4.69, 9.17) is 14.2 Å². The summed E-state index contributed by atoms with van der Waals surface area (Å²) in [5.74, 6) is 0.911. The molecule has 0 N–H and O–H groups in total. The topological polar surface area (TPSA) is 44.8 Å². The molecule has 0 heterocycles. The highest BCUT2D eigenvalue weighted by molar-refractivity contribution is 5.78. The Labute approximate surface area is 215 Å². The van der Waals surface area contributed by atoms with Crippen LogP contribution in [0.25, 0.3) is 11.1 Å². The van der Waals surface area contributed by atoms with E-state index in [-0.39, 0.29) is 5.97 Å². The third-order valence-electron chi connectivity index (χ3n) is 6.85. The van der Waals surface area contributed by atoms with Gasteiger partial charge in [-0.05, 0) is 59.7 Å². The van der Waals surface area contributed by atoms with Gasteiger partial charge in [0.15, 0.2) is 6.10 Å². The number of ether oxygens (including phenoxy) is 3. The second-order valence-electron chi connectivity index (χ2n) is 9.38. The number of benzene rings is 3. The van der Waals surface area contributed by atoms with Gasteiger partial charge in [0.1, 0.15) is 5.75 Å². The predicted octanol–water partition coefficient (Wildman–Crippen LogP) is 7.34. The van der Waals surface area contributed by atoms with Crippen LogP contribution in [0.4, 0.5) is 0 Å². The van der Waals surface area contributed by atoms with Gasteiger partial charge in [-0.25, -0.2) is 4.79 Å². The summed E-state index contributed by atoms with van der Waals surface area (Å²) in [5.41, 5.74) is 6.49. The van der Waals surface area contributed by atoms with Gasteiger partial charge in [-0.2, -0.15) is 0 Å². The average molecular weight is 487 g/mol. The molecule has 1 atom stereocenters. The lowest BCUT2D eigenvalue weighted by molar-refractivity contribution is -0.156. The van der Waals surface area contributed by atoms with Crippen molar-refractivity contribution in [2.24, 2.45) is 0 Å². The molecule has 1 unspecified atom stereocenters. The van der Waals surface area contributed by atoms with E-state index < -0.39 is 6.10 Å². The van der Waals surface area contributed by atoms with Crippen LogP contribution in [-0.2, 0) is 20.7 Å². The smallest absolute Gasteiger partial charge is 0.335 e. The number of esters is 1. The lowest BCUT2D eigenvalue weighted by atomic mass is 9.94. The molecule has 0 amide bonds. The standard InChI is InChI=1S/C32H38O4/c1-3-5-6-11-21-36-31(32(33)34-4-2)23-24-16-18-25(19-17-24)35-22-20-30-28-14-9-7-12-26(28)27-13-8-10-15-29(27)30/h7-10,12-19,30-31H,3-6,11,20-23H2,1-2H3. The van der Waals surface area contributed by atoms with Crippen LogP contribution in [0.15, 0.2) is 72.8 Å². The highest BCUT2D eigenvalue weighted by Gasteiger charge is 2.27. The third kappa shape index (κ3) is 6.55. The van der Waals surface area contributed by atoms with Gasteiger partial charge in [0.2, 0.25) is 0 Å². The van der Waals surface area contributed by atoms with E-state index in [1.54, 1.807) is 0 Å². The van der Waals surface area contributed by atoms with Crippen molar-refractivity contribution < 1.29 is 19.0 Å². The minimum absolute atomic E-state index is 0.287. The van der Waals surface area contributed by atoms with Crippen molar-refractivity contribution in [2.45, 2.75) is 64.4 Å². The molecule has 0 fully saturated rings. The summed E-state index contributed by atoms with van der Waals surface area (Å²) in [6.07, 6.45) is 5.31. The van der Waals surface area contributed by atoms with E-state index >= 15 is 0 Å². The summed E-state index contributed by atoms with van der Waals surface area (Å²) >= 11 is 0. The average Bonchev–Trinajstić information content (AvgIpc) is 3.23. The number of rotatable bonds is 14. The molecule has 0 aliphatic heterocycles. The Bertz CT molecular complexity index is 1060. The van der Waals surface area contributed by atoms with Gasteiger partial charge in [0, 0.05) is 18.9 Å². The zero-order valence-corrected chi connectivity index (χ0v) is 21.6. The molecule has 3 aromatic carbocycles. The molecule has 3 aromatic rings. The van der Waals surface area contributed by atoms with Gasteiger partial charge in [-0.3, -0.25) is 0 Å². The Kier molecular flexibility index (Phi) is 9.57. The minimum Gasteiger partial charge on any atom is -0.494 e. The molecule has 0 spiro atoms. The summed E-state index contributed by atoms with van der Waals surface area (Å²) in [6.45, 7) is 5.59. The second kappa shape index (κ2) is 13.3. The molecular formula is C32H38O4. The summed E-state index contributed by atoms with van der Waals surface area (Å²) in [4.78, 5) is 12.4. The van der Waals surface area contributed by atoms with Crippen molar-refractivity contribution in [1.82, 2.24) is 0 Å². The van der Waals surface area contributed by atoms with Crippen molar-refractivity contribution in [2.75, 3.05) is 19.8 Å². The van der Waals surface area contributed by atoms with Gasteiger partial charge >= 0.3 is 5.97 Å². The predicted molar refractivity (Wildman–Crippen MR) is 144 cm³/mol. The Morgan fingerprint density at radius 3 is 2.11 bits per heavy atom. The maximum absolute atomic E-state index is 12.4. The highest BCUT2D eigenvalue weighted by atomic mass is 16.6. The van der Waals surface area contributed by atoms with Gasteiger partial charge in [0.25, 0.3) is 0 Å². The number of carbonyl (C=O) groups is 1. The van der Waals surface area contributed by atoms with E-state index in [0.29, 0.717) is 32.2 Å². The van der Waals surface area contributed by atoms with Gasteiger partial charge in [-0.1, -0.05) is 86.8 Å². The zero-order valence-electron chi connectivity index (χ0n) is 21.6. The summed E-state index contributed by atoms with van der Waals surface area (Å²) < 4.78 is 17.3. The first-order valence-corrected chi connectivity index (χ1v) is 13.4. The van der Waals surface area contributed by atoms with Crippen LogP contribution in [0.1, 0.15) is 68.6 Å². The van der Waals surface area contributed by atoms with Gasteiger partial charge < -0.3 is 14.2 Å². The summed E-state index contributed by atoms with van der Waals surface area (Å²) in [6, 6.07) is 25.4. The molecule has 0 radical (unpaired) electrons. The number of unbranched alkanes of at least 4 members (excludes halogenated alkanes) is 3. The molecule has 190 valence electrons. The highest BCUT2D eigenvalue weighted by Crippen LogP contribution is 2.45. The van der Waals surface area contributed by atoms with E-state index in [1.165, 1.54) is 35.1 Å². The van der Waals surface area contributed by atoms with Gasteiger partial charge in [0.05, 0.1) is 13.2 Å². The molecule has 4 rings (SSSR count). The lowest BCUT2D eigenvalue weighted by Crippen LogP contribution is -2.29. The SMILES string of the molecule is CCCCCCOC(Cc1ccc(OCCC2c3ccccc3-c3ccccc32)cc1)C(=O)OCC. The van der Waals surface area contributed by atoms with Crippen LogP contribution >= 0.6 is 0 Å². The van der Waals surface area contributed by atoms with Crippen LogP contribution in [0.2, 0.25) is 0 Å². The molecule has 0 saturated carbocycles. The van der Waals surface area contributed by atoms with Crippen molar-refractivity contribution in [3.63, 3.8) is 0 Å². The first-order valence-electron chi connectivity index (χ1n) is 13.4. The zero-order chi connectivity index (χ0) is 25.2.